The second kappa shape index (κ2) is 4.75. The molecule has 2 unspecified atom stereocenters. The van der Waals surface area contributed by atoms with Gasteiger partial charge in [-0.15, -0.1) is 0 Å². The highest BCUT2D eigenvalue weighted by atomic mass is 16.5. The number of fused-ring (bicyclic) bond motifs is 1. The minimum atomic E-state index is -0.611. The van der Waals surface area contributed by atoms with Crippen LogP contribution in [0.2, 0.25) is 0 Å². The number of nitrogens with two attached hydrogens (primary N) is 1. The Labute approximate surface area is 101 Å². The number of hydrogen-bond acceptors (Lipinski definition) is 4. The topological polar surface area (TPSA) is 61.5 Å². The fraction of sp³-hybridized carbons (Fsp3) is 0.462. The normalized spacial score (nSPS) is 19.4. The molecular weight excluding hydrogens is 218 g/mol. The molecule has 2 rings (SSSR count). The molecule has 0 saturated carbocycles. The number of ether oxygens (including phenoxy) is 2. The number of rotatable bonds is 3. The molecule has 1 aromatic rings. The van der Waals surface area contributed by atoms with Crippen LogP contribution in [0.15, 0.2) is 18.2 Å². The molecule has 2 N–H and O–H groups in total. The molecular formula is C13H17NO3. The van der Waals surface area contributed by atoms with Gasteiger partial charge in [0.1, 0.15) is 17.9 Å². The zero-order chi connectivity index (χ0) is 12.4. The summed E-state index contributed by atoms with van der Waals surface area (Å²) >= 11 is 0. The van der Waals surface area contributed by atoms with Crippen molar-refractivity contribution in [2.45, 2.75) is 31.9 Å². The number of carbonyl (C=O) groups is 1. The van der Waals surface area contributed by atoms with E-state index in [9.17, 15) is 4.79 Å². The van der Waals surface area contributed by atoms with Crippen molar-refractivity contribution in [3.63, 3.8) is 0 Å². The van der Waals surface area contributed by atoms with Crippen LogP contribution < -0.4 is 10.5 Å². The van der Waals surface area contributed by atoms with E-state index in [2.05, 4.69) is 10.8 Å². The Kier molecular flexibility index (Phi) is 3.33. The second-order valence-electron chi connectivity index (χ2n) is 4.42. The Morgan fingerprint density at radius 3 is 3.12 bits per heavy atom. The van der Waals surface area contributed by atoms with Crippen LogP contribution in [0.1, 0.15) is 17.5 Å². The zero-order valence-corrected chi connectivity index (χ0v) is 10.1. The molecule has 0 fully saturated rings. The maximum Gasteiger partial charge on any atom is 0.322 e. The van der Waals surface area contributed by atoms with Crippen LogP contribution >= 0.6 is 0 Å². The van der Waals surface area contributed by atoms with E-state index in [1.807, 2.05) is 19.1 Å². The van der Waals surface area contributed by atoms with Crippen LogP contribution in [-0.2, 0) is 16.0 Å². The first-order chi connectivity index (χ1) is 8.10. The van der Waals surface area contributed by atoms with Crippen molar-refractivity contribution in [2.24, 2.45) is 5.73 Å². The molecule has 1 aromatic carbocycles. The quantitative estimate of drug-likeness (QED) is 0.799. The summed E-state index contributed by atoms with van der Waals surface area (Å²) in [4.78, 5) is 11.2. The van der Waals surface area contributed by atoms with E-state index in [1.54, 1.807) is 0 Å². The van der Waals surface area contributed by atoms with Gasteiger partial charge in [-0.3, -0.25) is 4.79 Å². The molecule has 0 radical (unpaired) electrons. The Morgan fingerprint density at radius 2 is 2.41 bits per heavy atom. The van der Waals surface area contributed by atoms with Crippen molar-refractivity contribution in [3.05, 3.63) is 29.3 Å². The van der Waals surface area contributed by atoms with Crippen LogP contribution in [0.4, 0.5) is 0 Å². The Hall–Kier alpha value is -1.55. The average molecular weight is 235 g/mol. The minimum absolute atomic E-state index is 0.0269. The summed E-state index contributed by atoms with van der Waals surface area (Å²) in [5.74, 6) is 0.512. The van der Waals surface area contributed by atoms with Gasteiger partial charge in [0.15, 0.2) is 0 Å². The lowest BCUT2D eigenvalue weighted by Gasteiger charge is -2.14. The smallest absolute Gasteiger partial charge is 0.322 e. The lowest BCUT2D eigenvalue weighted by atomic mass is 10.0. The standard InChI is InChI=1S/C13H17NO3/c1-8-3-4-12-9(5-8)6-10(17-12)7-11(14)13(15)16-2/h3-5,10-11H,6-7,14H2,1-2H3. The number of aryl methyl sites for hydroxylation is 1. The lowest BCUT2D eigenvalue weighted by molar-refractivity contribution is -0.142. The number of benzene rings is 1. The first-order valence-corrected chi connectivity index (χ1v) is 5.69. The summed E-state index contributed by atoms with van der Waals surface area (Å²) in [6, 6.07) is 5.48. The van der Waals surface area contributed by atoms with E-state index in [0.717, 1.165) is 12.2 Å². The summed E-state index contributed by atoms with van der Waals surface area (Å²) in [7, 11) is 1.34. The number of carbonyl (C=O) groups excluding carboxylic acids is 1. The zero-order valence-electron chi connectivity index (χ0n) is 10.1. The Balaban J connectivity index is 1.98. The largest absolute Gasteiger partial charge is 0.490 e. The van der Waals surface area contributed by atoms with Gasteiger partial charge < -0.3 is 15.2 Å². The summed E-state index contributed by atoms with van der Waals surface area (Å²) in [6.45, 7) is 2.05. The molecule has 1 aliphatic rings. The highest BCUT2D eigenvalue weighted by Gasteiger charge is 2.27. The van der Waals surface area contributed by atoms with Gasteiger partial charge in [-0.1, -0.05) is 17.7 Å². The van der Waals surface area contributed by atoms with Crippen molar-refractivity contribution >= 4 is 5.97 Å². The van der Waals surface area contributed by atoms with Gasteiger partial charge in [-0.2, -0.15) is 0 Å². The van der Waals surface area contributed by atoms with Crippen LogP contribution in [0.3, 0.4) is 0 Å². The van der Waals surface area contributed by atoms with E-state index in [4.69, 9.17) is 10.5 Å². The van der Waals surface area contributed by atoms with Crippen molar-refractivity contribution < 1.29 is 14.3 Å². The predicted molar refractivity (Wildman–Crippen MR) is 63.9 cm³/mol. The van der Waals surface area contributed by atoms with Crippen LogP contribution in [0, 0.1) is 6.92 Å². The van der Waals surface area contributed by atoms with E-state index >= 15 is 0 Å². The summed E-state index contributed by atoms with van der Waals surface area (Å²) in [6.07, 6.45) is 1.27. The average Bonchev–Trinajstić information content (AvgIpc) is 2.69. The van der Waals surface area contributed by atoms with Crippen LogP contribution in [0.5, 0.6) is 5.75 Å². The third kappa shape index (κ3) is 2.58. The molecule has 17 heavy (non-hydrogen) atoms. The Morgan fingerprint density at radius 1 is 1.65 bits per heavy atom. The first kappa shape index (κ1) is 11.9. The molecule has 4 heteroatoms. The highest BCUT2D eigenvalue weighted by Crippen LogP contribution is 2.30. The molecule has 0 amide bonds. The van der Waals surface area contributed by atoms with Gasteiger partial charge in [0, 0.05) is 12.8 Å². The molecule has 0 bridgehead atoms. The molecule has 2 atom stereocenters. The molecule has 1 heterocycles. The van der Waals surface area contributed by atoms with Crippen molar-refractivity contribution in [2.75, 3.05) is 7.11 Å². The van der Waals surface area contributed by atoms with E-state index in [1.165, 1.54) is 18.2 Å². The third-order valence-corrected chi connectivity index (χ3v) is 2.98. The monoisotopic (exact) mass is 235 g/mol. The SMILES string of the molecule is COC(=O)C(N)CC1Cc2cc(C)ccc2O1. The highest BCUT2D eigenvalue weighted by molar-refractivity contribution is 5.75. The lowest BCUT2D eigenvalue weighted by Crippen LogP contribution is -2.36. The predicted octanol–water partition coefficient (Wildman–Crippen LogP) is 1.19. The van der Waals surface area contributed by atoms with Gasteiger partial charge in [0.2, 0.25) is 0 Å². The molecule has 4 nitrogen and oxygen atoms in total. The summed E-state index contributed by atoms with van der Waals surface area (Å²) < 4.78 is 10.3. The fourth-order valence-corrected chi connectivity index (χ4v) is 2.11. The maximum absolute atomic E-state index is 11.2. The second-order valence-corrected chi connectivity index (χ2v) is 4.42. The van der Waals surface area contributed by atoms with Gasteiger partial charge >= 0.3 is 5.97 Å². The maximum atomic E-state index is 11.2. The Bertz CT molecular complexity index is 431. The van der Waals surface area contributed by atoms with Gasteiger partial charge in [-0.05, 0) is 18.6 Å². The number of hydrogen-bond donors (Lipinski definition) is 1. The minimum Gasteiger partial charge on any atom is -0.490 e. The van der Waals surface area contributed by atoms with E-state index in [-0.39, 0.29) is 12.1 Å². The van der Waals surface area contributed by atoms with Gasteiger partial charge in [-0.25, -0.2) is 0 Å². The summed E-state index contributed by atoms with van der Waals surface area (Å²) in [5.41, 5.74) is 8.12. The fourth-order valence-electron chi connectivity index (χ4n) is 2.11. The number of esters is 1. The van der Waals surface area contributed by atoms with Crippen molar-refractivity contribution in [3.8, 4) is 5.75 Å². The molecule has 0 aliphatic carbocycles. The number of methoxy groups -OCH3 is 1. The van der Waals surface area contributed by atoms with Gasteiger partial charge in [0.05, 0.1) is 7.11 Å². The third-order valence-electron chi connectivity index (χ3n) is 2.98. The molecule has 1 aliphatic heterocycles. The van der Waals surface area contributed by atoms with Crippen molar-refractivity contribution in [1.82, 2.24) is 0 Å². The van der Waals surface area contributed by atoms with E-state index in [0.29, 0.717) is 6.42 Å². The molecule has 92 valence electrons. The van der Waals surface area contributed by atoms with Crippen molar-refractivity contribution in [1.29, 1.82) is 0 Å². The van der Waals surface area contributed by atoms with Gasteiger partial charge in [0.25, 0.3) is 0 Å². The molecule has 0 saturated heterocycles. The molecule has 0 aromatic heterocycles. The van der Waals surface area contributed by atoms with Crippen LogP contribution in [-0.4, -0.2) is 25.2 Å². The summed E-state index contributed by atoms with van der Waals surface area (Å²) in [5, 5.41) is 0. The van der Waals surface area contributed by atoms with Crippen LogP contribution in [0.25, 0.3) is 0 Å². The van der Waals surface area contributed by atoms with E-state index < -0.39 is 6.04 Å². The first-order valence-electron chi connectivity index (χ1n) is 5.69. The molecule has 0 spiro atoms.